The van der Waals surface area contributed by atoms with Crippen LogP contribution in [0.2, 0.25) is 0 Å². The van der Waals surface area contributed by atoms with Crippen LogP contribution in [0.25, 0.3) is 33.4 Å². The maximum Gasteiger partial charge on any atom is 0.256 e. The molecule has 0 unspecified atom stereocenters. The van der Waals surface area contributed by atoms with Crippen LogP contribution in [0.5, 0.6) is 0 Å². The van der Waals surface area contributed by atoms with Gasteiger partial charge in [0.25, 0.3) is 11.8 Å². The van der Waals surface area contributed by atoms with Crippen LogP contribution in [0.3, 0.4) is 0 Å². The molecule has 0 radical (unpaired) electrons. The molecule has 7 nitrogen and oxygen atoms in total. The van der Waals surface area contributed by atoms with E-state index in [2.05, 4.69) is 15.8 Å². The van der Waals surface area contributed by atoms with Gasteiger partial charge in [0.2, 0.25) is 0 Å². The topological polar surface area (TPSA) is 97.4 Å². The number of furan rings is 1. The van der Waals surface area contributed by atoms with E-state index in [1.165, 1.54) is 25.4 Å². The highest BCUT2D eigenvalue weighted by atomic mass is 19.1. The second-order valence-electron chi connectivity index (χ2n) is 7.52. The van der Waals surface area contributed by atoms with Gasteiger partial charge in [-0.05, 0) is 59.7 Å². The monoisotopic (exact) mass is 455 g/mol. The molecule has 0 aliphatic carbocycles. The minimum absolute atomic E-state index is 0.318. The van der Waals surface area contributed by atoms with E-state index in [-0.39, 0.29) is 17.6 Å². The van der Waals surface area contributed by atoms with Crippen LogP contribution in [0.15, 0.2) is 88.0 Å². The van der Waals surface area contributed by atoms with Crippen molar-refractivity contribution in [2.45, 2.75) is 0 Å². The van der Waals surface area contributed by atoms with E-state index in [4.69, 9.17) is 8.94 Å². The molecule has 8 heteroatoms. The lowest BCUT2D eigenvalue weighted by molar-refractivity contribution is 0.0963. The lowest BCUT2D eigenvalue weighted by atomic mass is 9.99. The maximum atomic E-state index is 13.4. The summed E-state index contributed by atoms with van der Waals surface area (Å²) in [4.78, 5) is 25.4. The standard InChI is InChI=1S/C26H18FN3O4/c1-28-26(32)23-20-14-17(7-10-21(20)34-24(23)15-5-8-19(27)9-6-15)16-3-2-4-18(13-16)25(31)29-22-11-12-33-30-22/h2-14H,1H3,(H,28,32)(H,29,30,31). The summed E-state index contributed by atoms with van der Waals surface area (Å²) in [6.07, 6.45) is 1.37. The molecule has 0 bridgehead atoms. The molecule has 0 saturated heterocycles. The van der Waals surface area contributed by atoms with Gasteiger partial charge in [-0.15, -0.1) is 0 Å². The number of hydrogen-bond acceptors (Lipinski definition) is 5. The SMILES string of the molecule is CNC(=O)c1c(-c2ccc(F)cc2)oc2ccc(-c3cccc(C(=O)Nc4ccon4)c3)cc12. The van der Waals surface area contributed by atoms with E-state index in [1.54, 1.807) is 42.5 Å². The third-order valence-corrected chi connectivity index (χ3v) is 5.39. The van der Waals surface area contributed by atoms with Crippen molar-refractivity contribution >= 4 is 28.6 Å². The van der Waals surface area contributed by atoms with Crippen molar-refractivity contribution in [3.63, 3.8) is 0 Å². The molecule has 34 heavy (non-hydrogen) atoms. The number of nitrogens with zero attached hydrogens (tertiary/aromatic N) is 1. The molecular weight excluding hydrogens is 437 g/mol. The molecule has 2 N–H and O–H groups in total. The van der Waals surface area contributed by atoms with E-state index in [9.17, 15) is 14.0 Å². The first-order chi connectivity index (χ1) is 16.5. The lowest BCUT2D eigenvalue weighted by Crippen LogP contribution is -2.18. The molecular formula is C26H18FN3O4. The summed E-state index contributed by atoms with van der Waals surface area (Å²) in [7, 11) is 1.54. The van der Waals surface area contributed by atoms with Gasteiger partial charge < -0.3 is 19.6 Å². The highest BCUT2D eigenvalue weighted by molar-refractivity contribution is 6.12. The smallest absolute Gasteiger partial charge is 0.256 e. The van der Waals surface area contributed by atoms with Gasteiger partial charge in [0.05, 0.1) is 5.56 Å². The van der Waals surface area contributed by atoms with Gasteiger partial charge in [-0.2, -0.15) is 0 Å². The van der Waals surface area contributed by atoms with Gasteiger partial charge in [-0.3, -0.25) is 9.59 Å². The summed E-state index contributed by atoms with van der Waals surface area (Å²) in [5.41, 5.74) is 3.46. The Balaban J connectivity index is 1.57. The van der Waals surface area contributed by atoms with Gasteiger partial charge >= 0.3 is 0 Å². The van der Waals surface area contributed by atoms with E-state index >= 15 is 0 Å². The predicted molar refractivity (Wildman–Crippen MR) is 125 cm³/mol. The fourth-order valence-electron chi connectivity index (χ4n) is 3.74. The van der Waals surface area contributed by atoms with Crippen LogP contribution in [-0.4, -0.2) is 24.0 Å². The molecule has 5 rings (SSSR count). The van der Waals surface area contributed by atoms with Gasteiger partial charge in [-0.1, -0.05) is 23.4 Å². The van der Waals surface area contributed by atoms with Crippen molar-refractivity contribution in [1.82, 2.24) is 10.5 Å². The molecule has 0 aliphatic heterocycles. The highest BCUT2D eigenvalue weighted by Crippen LogP contribution is 2.36. The summed E-state index contributed by atoms with van der Waals surface area (Å²) in [6, 6.07) is 19.9. The Labute approximate surface area is 193 Å². The molecule has 0 fully saturated rings. The van der Waals surface area contributed by atoms with Crippen LogP contribution < -0.4 is 10.6 Å². The highest BCUT2D eigenvalue weighted by Gasteiger charge is 2.22. The molecule has 2 amide bonds. The molecule has 0 saturated carbocycles. The Morgan fingerprint density at radius 2 is 1.65 bits per heavy atom. The predicted octanol–water partition coefficient (Wildman–Crippen LogP) is 5.51. The number of amides is 2. The molecule has 3 aromatic carbocycles. The van der Waals surface area contributed by atoms with Gasteiger partial charge in [0.15, 0.2) is 5.82 Å². The maximum absolute atomic E-state index is 13.4. The number of hydrogen-bond donors (Lipinski definition) is 2. The average Bonchev–Trinajstić information content (AvgIpc) is 3.51. The number of benzene rings is 3. The Morgan fingerprint density at radius 1 is 0.882 bits per heavy atom. The Kier molecular flexibility index (Phi) is 5.39. The fraction of sp³-hybridized carbons (Fsp3) is 0.0385. The number of halogens is 1. The molecule has 168 valence electrons. The zero-order valence-electron chi connectivity index (χ0n) is 18.0. The van der Waals surface area contributed by atoms with Crippen LogP contribution >= 0.6 is 0 Å². The lowest BCUT2D eigenvalue weighted by Gasteiger charge is -2.06. The average molecular weight is 455 g/mol. The van der Waals surface area contributed by atoms with E-state index in [0.717, 1.165) is 11.1 Å². The number of fused-ring (bicyclic) bond motifs is 1. The first-order valence-corrected chi connectivity index (χ1v) is 10.4. The largest absolute Gasteiger partial charge is 0.455 e. The second-order valence-corrected chi connectivity index (χ2v) is 7.52. The Morgan fingerprint density at radius 3 is 2.38 bits per heavy atom. The number of carbonyl (C=O) groups is 2. The number of carbonyl (C=O) groups excluding carboxylic acids is 2. The van der Waals surface area contributed by atoms with Crippen molar-refractivity contribution < 1.29 is 22.9 Å². The zero-order valence-corrected chi connectivity index (χ0v) is 18.0. The summed E-state index contributed by atoms with van der Waals surface area (Å²) >= 11 is 0. The van der Waals surface area contributed by atoms with Crippen molar-refractivity contribution in [2.24, 2.45) is 0 Å². The normalized spacial score (nSPS) is 10.9. The minimum atomic E-state index is -0.379. The van der Waals surface area contributed by atoms with Gasteiger partial charge in [0, 0.05) is 29.6 Å². The summed E-state index contributed by atoms with van der Waals surface area (Å²) in [5.74, 6) is -0.358. The van der Waals surface area contributed by atoms with Crippen LogP contribution in [-0.2, 0) is 0 Å². The number of anilines is 1. The second kappa shape index (κ2) is 8.67. The zero-order chi connectivity index (χ0) is 23.7. The quantitative estimate of drug-likeness (QED) is 0.364. The summed E-state index contributed by atoms with van der Waals surface area (Å²) in [6.45, 7) is 0. The van der Waals surface area contributed by atoms with Gasteiger partial charge in [0.1, 0.15) is 23.4 Å². The van der Waals surface area contributed by atoms with Crippen molar-refractivity contribution in [2.75, 3.05) is 12.4 Å². The molecule has 2 heterocycles. The Bertz CT molecular complexity index is 1510. The van der Waals surface area contributed by atoms with Crippen LogP contribution in [0.1, 0.15) is 20.7 Å². The fourth-order valence-corrected chi connectivity index (χ4v) is 3.74. The molecule has 0 atom stereocenters. The van der Waals surface area contributed by atoms with Crippen LogP contribution in [0, 0.1) is 5.82 Å². The Hall–Kier alpha value is -4.72. The van der Waals surface area contributed by atoms with Gasteiger partial charge in [-0.25, -0.2) is 4.39 Å². The summed E-state index contributed by atoms with van der Waals surface area (Å²) in [5, 5.41) is 9.60. The summed E-state index contributed by atoms with van der Waals surface area (Å²) < 4.78 is 24.2. The van der Waals surface area contributed by atoms with Crippen LogP contribution in [0.4, 0.5) is 10.2 Å². The van der Waals surface area contributed by atoms with Crippen molar-refractivity contribution in [3.8, 4) is 22.5 Å². The first kappa shape index (κ1) is 21.1. The first-order valence-electron chi connectivity index (χ1n) is 10.4. The van der Waals surface area contributed by atoms with E-state index in [0.29, 0.717) is 39.2 Å². The third kappa shape index (κ3) is 3.93. The van der Waals surface area contributed by atoms with Crippen molar-refractivity contribution in [1.29, 1.82) is 0 Å². The molecule has 0 spiro atoms. The molecule has 0 aliphatic rings. The van der Waals surface area contributed by atoms with E-state index < -0.39 is 0 Å². The third-order valence-electron chi connectivity index (χ3n) is 5.39. The molecule has 2 aromatic heterocycles. The molecule has 5 aromatic rings. The van der Waals surface area contributed by atoms with Crippen molar-refractivity contribution in [3.05, 3.63) is 96.0 Å². The number of rotatable bonds is 5. The number of aromatic nitrogens is 1. The number of nitrogens with one attached hydrogen (secondary N) is 2. The minimum Gasteiger partial charge on any atom is -0.455 e. The van der Waals surface area contributed by atoms with E-state index in [1.807, 2.05) is 18.2 Å².